The standard InChI is InChI=1S/C12H18ClN3O2/c1-8(2)16-12(17)11(13)10(6-15-16)14-5-9-3-4-18-7-9/h6,8-9,14H,3-5,7H2,1-2H3. The van der Waals surface area contributed by atoms with Crippen molar-refractivity contribution in [3.8, 4) is 0 Å². The Bertz CT molecular complexity index is 467. The molecule has 1 fully saturated rings. The zero-order chi connectivity index (χ0) is 13.1. The summed E-state index contributed by atoms with van der Waals surface area (Å²) in [5.41, 5.74) is 0.352. The fraction of sp³-hybridized carbons (Fsp3) is 0.667. The molecule has 0 amide bonds. The van der Waals surface area contributed by atoms with E-state index < -0.39 is 0 Å². The molecule has 6 heteroatoms. The van der Waals surface area contributed by atoms with Crippen LogP contribution in [0.4, 0.5) is 5.69 Å². The van der Waals surface area contributed by atoms with Crippen LogP contribution in [0.5, 0.6) is 0 Å². The Hall–Kier alpha value is -1.07. The zero-order valence-electron chi connectivity index (χ0n) is 10.6. The van der Waals surface area contributed by atoms with Gasteiger partial charge in [0, 0.05) is 19.1 Å². The number of hydrogen-bond donors (Lipinski definition) is 1. The molecule has 2 rings (SSSR count). The molecule has 18 heavy (non-hydrogen) atoms. The third-order valence-corrected chi connectivity index (χ3v) is 3.40. The van der Waals surface area contributed by atoms with Gasteiger partial charge in [0.1, 0.15) is 5.02 Å². The van der Waals surface area contributed by atoms with Gasteiger partial charge in [-0.3, -0.25) is 4.79 Å². The van der Waals surface area contributed by atoms with Crippen molar-refractivity contribution in [2.24, 2.45) is 5.92 Å². The topological polar surface area (TPSA) is 56.1 Å². The summed E-state index contributed by atoms with van der Waals surface area (Å²) >= 11 is 6.06. The van der Waals surface area contributed by atoms with Crippen molar-refractivity contribution >= 4 is 17.3 Å². The number of nitrogens with zero attached hydrogens (tertiary/aromatic N) is 2. The van der Waals surface area contributed by atoms with E-state index in [0.29, 0.717) is 11.6 Å². The predicted octanol–water partition coefficient (Wildman–Crippen LogP) is 1.93. The van der Waals surface area contributed by atoms with E-state index >= 15 is 0 Å². The quantitative estimate of drug-likeness (QED) is 0.909. The van der Waals surface area contributed by atoms with Crippen molar-refractivity contribution in [2.75, 3.05) is 25.1 Å². The first-order chi connectivity index (χ1) is 8.59. The minimum Gasteiger partial charge on any atom is -0.382 e. The molecule has 0 aromatic carbocycles. The molecule has 2 heterocycles. The number of ether oxygens (including phenoxy) is 1. The first-order valence-electron chi connectivity index (χ1n) is 6.18. The Morgan fingerprint density at radius 2 is 2.44 bits per heavy atom. The first kappa shape index (κ1) is 13.4. The van der Waals surface area contributed by atoms with E-state index in [1.807, 2.05) is 13.8 Å². The second-order valence-electron chi connectivity index (χ2n) is 4.83. The third-order valence-electron chi connectivity index (χ3n) is 3.04. The SMILES string of the molecule is CC(C)n1ncc(NCC2CCOC2)c(Cl)c1=O. The molecular weight excluding hydrogens is 254 g/mol. The molecule has 1 aliphatic rings. The highest BCUT2D eigenvalue weighted by molar-refractivity contribution is 6.32. The molecule has 100 valence electrons. The highest BCUT2D eigenvalue weighted by atomic mass is 35.5. The van der Waals surface area contributed by atoms with E-state index in [1.54, 1.807) is 6.20 Å². The van der Waals surface area contributed by atoms with E-state index in [1.165, 1.54) is 4.68 Å². The highest BCUT2D eigenvalue weighted by Crippen LogP contribution is 2.19. The summed E-state index contributed by atoms with van der Waals surface area (Å²) < 4.78 is 6.68. The van der Waals surface area contributed by atoms with Gasteiger partial charge >= 0.3 is 0 Å². The summed E-state index contributed by atoms with van der Waals surface area (Å²) in [5.74, 6) is 0.480. The Balaban J connectivity index is 2.09. The van der Waals surface area contributed by atoms with Gasteiger partial charge in [-0.1, -0.05) is 11.6 Å². The minimum absolute atomic E-state index is 0.00674. The van der Waals surface area contributed by atoms with Crippen LogP contribution >= 0.6 is 11.6 Å². The van der Waals surface area contributed by atoms with Crippen LogP contribution in [0.2, 0.25) is 5.02 Å². The van der Waals surface area contributed by atoms with Crippen molar-refractivity contribution in [1.82, 2.24) is 9.78 Å². The van der Waals surface area contributed by atoms with Crippen LogP contribution in [0, 0.1) is 5.92 Å². The van der Waals surface area contributed by atoms with Gasteiger partial charge in [-0.15, -0.1) is 0 Å². The maximum Gasteiger partial charge on any atom is 0.287 e. The van der Waals surface area contributed by atoms with Crippen molar-refractivity contribution in [3.05, 3.63) is 21.6 Å². The Labute approximate surface area is 111 Å². The van der Waals surface area contributed by atoms with E-state index in [-0.39, 0.29) is 16.6 Å². The van der Waals surface area contributed by atoms with Crippen LogP contribution in [0.1, 0.15) is 26.3 Å². The molecule has 0 spiro atoms. The van der Waals surface area contributed by atoms with Gasteiger partial charge in [0.2, 0.25) is 0 Å². The Morgan fingerprint density at radius 3 is 3.06 bits per heavy atom. The molecule has 0 aliphatic carbocycles. The maximum atomic E-state index is 11.9. The van der Waals surface area contributed by atoms with Crippen molar-refractivity contribution in [2.45, 2.75) is 26.3 Å². The lowest BCUT2D eigenvalue weighted by Crippen LogP contribution is -2.26. The average molecular weight is 272 g/mol. The molecule has 0 radical (unpaired) electrons. The van der Waals surface area contributed by atoms with Gasteiger partial charge in [-0.05, 0) is 20.3 Å². The Kier molecular flexibility index (Phi) is 4.24. The lowest BCUT2D eigenvalue weighted by molar-refractivity contribution is 0.187. The van der Waals surface area contributed by atoms with E-state index in [4.69, 9.17) is 16.3 Å². The largest absolute Gasteiger partial charge is 0.382 e. The Morgan fingerprint density at radius 1 is 1.67 bits per heavy atom. The average Bonchev–Trinajstić information content (AvgIpc) is 2.83. The second kappa shape index (κ2) is 5.71. The first-order valence-corrected chi connectivity index (χ1v) is 6.56. The van der Waals surface area contributed by atoms with Gasteiger partial charge < -0.3 is 10.1 Å². The molecule has 0 bridgehead atoms. The number of hydrogen-bond acceptors (Lipinski definition) is 4. The zero-order valence-corrected chi connectivity index (χ0v) is 11.4. The summed E-state index contributed by atoms with van der Waals surface area (Å²) in [6, 6.07) is 0.00674. The van der Waals surface area contributed by atoms with Crippen LogP contribution < -0.4 is 10.9 Å². The smallest absolute Gasteiger partial charge is 0.287 e. The molecule has 1 N–H and O–H groups in total. The molecule has 0 saturated carbocycles. The van der Waals surface area contributed by atoms with Crippen LogP contribution in [-0.2, 0) is 4.74 Å². The highest BCUT2D eigenvalue weighted by Gasteiger charge is 2.17. The van der Waals surface area contributed by atoms with E-state index in [0.717, 1.165) is 26.2 Å². The van der Waals surface area contributed by atoms with Crippen molar-refractivity contribution in [1.29, 1.82) is 0 Å². The van der Waals surface area contributed by atoms with Gasteiger partial charge in [0.15, 0.2) is 0 Å². The number of rotatable bonds is 4. The number of anilines is 1. The molecule has 5 nitrogen and oxygen atoms in total. The summed E-state index contributed by atoms with van der Waals surface area (Å²) in [7, 11) is 0. The summed E-state index contributed by atoms with van der Waals surface area (Å²) in [6.45, 7) is 6.13. The number of nitrogens with one attached hydrogen (secondary N) is 1. The molecule has 1 aliphatic heterocycles. The van der Waals surface area contributed by atoms with Crippen LogP contribution in [0.25, 0.3) is 0 Å². The monoisotopic (exact) mass is 271 g/mol. The lowest BCUT2D eigenvalue weighted by Gasteiger charge is -2.14. The predicted molar refractivity (Wildman–Crippen MR) is 71.3 cm³/mol. The van der Waals surface area contributed by atoms with Gasteiger partial charge in [-0.25, -0.2) is 4.68 Å². The molecular formula is C12H18ClN3O2. The molecule has 1 saturated heterocycles. The van der Waals surface area contributed by atoms with E-state index in [2.05, 4.69) is 10.4 Å². The van der Waals surface area contributed by atoms with Gasteiger partial charge in [-0.2, -0.15) is 5.10 Å². The van der Waals surface area contributed by atoms with Crippen molar-refractivity contribution in [3.63, 3.8) is 0 Å². The minimum atomic E-state index is -0.251. The molecule has 1 aromatic heterocycles. The summed E-state index contributed by atoms with van der Waals surface area (Å²) in [4.78, 5) is 11.9. The van der Waals surface area contributed by atoms with Crippen LogP contribution in [0.3, 0.4) is 0 Å². The van der Waals surface area contributed by atoms with Crippen LogP contribution in [0.15, 0.2) is 11.0 Å². The van der Waals surface area contributed by atoms with Gasteiger partial charge in [0.25, 0.3) is 5.56 Å². The summed E-state index contributed by atoms with van der Waals surface area (Å²) in [5, 5.41) is 7.49. The number of halogens is 1. The van der Waals surface area contributed by atoms with Crippen molar-refractivity contribution < 1.29 is 4.74 Å². The normalized spacial score (nSPS) is 19.4. The van der Waals surface area contributed by atoms with E-state index in [9.17, 15) is 4.79 Å². The maximum absolute atomic E-state index is 11.9. The number of aromatic nitrogens is 2. The fourth-order valence-corrected chi connectivity index (χ4v) is 2.14. The van der Waals surface area contributed by atoms with Gasteiger partial charge in [0.05, 0.1) is 24.5 Å². The molecule has 1 unspecified atom stereocenters. The lowest BCUT2D eigenvalue weighted by atomic mass is 10.1. The second-order valence-corrected chi connectivity index (χ2v) is 5.20. The molecule has 1 aromatic rings. The summed E-state index contributed by atoms with van der Waals surface area (Å²) in [6.07, 6.45) is 2.65. The fourth-order valence-electron chi connectivity index (χ4n) is 1.93. The molecule has 1 atom stereocenters. The van der Waals surface area contributed by atoms with Crippen LogP contribution in [-0.4, -0.2) is 29.5 Å². The third kappa shape index (κ3) is 2.84.